The molecule has 0 aliphatic carbocycles. The number of guanidine groups is 1. The van der Waals surface area contributed by atoms with Crippen molar-refractivity contribution in [3.63, 3.8) is 0 Å². The monoisotopic (exact) mass is 540 g/mol. The van der Waals surface area contributed by atoms with Gasteiger partial charge in [0.2, 0.25) is 0 Å². The summed E-state index contributed by atoms with van der Waals surface area (Å²) < 4.78 is 14.6. The SMILES string of the molecule is CCNC(=NCc1ccc(Br)cc1F)NCCc1ccc(Cl)nc1.I. The van der Waals surface area contributed by atoms with E-state index in [1.807, 2.05) is 19.1 Å². The van der Waals surface area contributed by atoms with Crippen LogP contribution in [-0.2, 0) is 13.0 Å². The third-order valence-electron chi connectivity index (χ3n) is 3.26. The van der Waals surface area contributed by atoms with Crippen molar-refractivity contribution in [2.45, 2.75) is 19.9 Å². The van der Waals surface area contributed by atoms with Crippen molar-refractivity contribution in [3.05, 3.63) is 63.1 Å². The molecule has 2 aromatic rings. The molecule has 25 heavy (non-hydrogen) atoms. The van der Waals surface area contributed by atoms with Crippen molar-refractivity contribution < 1.29 is 4.39 Å². The number of hydrogen-bond donors (Lipinski definition) is 2. The van der Waals surface area contributed by atoms with Crippen molar-refractivity contribution >= 4 is 57.5 Å². The molecular weight excluding hydrogens is 521 g/mol. The molecule has 0 saturated heterocycles. The second kappa shape index (κ2) is 11.6. The van der Waals surface area contributed by atoms with Crippen molar-refractivity contribution in [2.24, 2.45) is 4.99 Å². The van der Waals surface area contributed by atoms with Crippen LogP contribution >= 0.6 is 51.5 Å². The van der Waals surface area contributed by atoms with Gasteiger partial charge in [0.15, 0.2) is 5.96 Å². The molecule has 0 unspecified atom stereocenters. The lowest BCUT2D eigenvalue weighted by atomic mass is 10.2. The van der Waals surface area contributed by atoms with Gasteiger partial charge in [-0.1, -0.05) is 39.7 Å². The summed E-state index contributed by atoms with van der Waals surface area (Å²) in [5, 5.41) is 6.87. The van der Waals surface area contributed by atoms with Crippen molar-refractivity contribution in [1.29, 1.82) is 0 Å². The molecule has 2 rings (SSSR count). The first kappa shape index (κ1) is 22.1. The van der Waals surface area contributed by atoms with E-state index in [9.17, 15) is 4.39 Å². The highest BCUT2D eigenvalue weighted by Gasteiger charge is 2.03. The van der Waals surface area contributed by atoms with E-state index >= 15 is 0 Å². The van der Waals surface area contributed by atoms with Gasteiger partial charge in [-0.25, -0.2) is 14.4 Å². The molecule has 2 N–H and O–H groups in total. The fraction of sp³-hybridized carbons (Fsp3) is 0.294. The highest BCUT2D eigenvalue weighted by atomic mass is 127. The van der Waals surface area contributed by atoms with E-state index in [2.05, 4.69) is 36.5 Å². The minimum Gasteiger partial charge on any atom is -0.357 e. The van der Waals surface area contributed by atoms with Crippen molar-refractivity contribution in [3.8, 4) is 0 Å². The number of hydrogen-bond acceptors (Lipinski definition) is 2. The van der Waals surface area contributed by atoms with E-state index < -0.39 is 0 Å². The molecule has 0 aliphatic heterocycles. The Balaban J connectivity index is 0.00000312. The number of nitrogens with one attached hydrogen (secondary N) is 2. The minimum absolute atomic E-state index is 0. The van der Waals surface area contributed by atoms with Gasteiger partial charge in [-0.3, -0.25) is 0 Å². The second-order valence-corrected chi connectivity index (χ2v) is 6.40. The summed E-state index contributed by atoms with van der Waals surface area (Å²) in [5.41, 5.74) is 1.64. The molecule has 0 spiro atoms. The maximum atomic E-state index is 13.8. The second-order valence-electron chi connectivity index (χ2n) is 5.10. The summed E-state index contributed by atoms with van der Waals surface area (Å²) in [4.78, 5) is 8.47. The Morgan fingerprint density at radius 2 is 2.08 bits per heavy atom. The van der Waals surface area contributed by atoms with E-state index in [4.69, 9.17) is 11.6 Å². The molecule has 0 saturated carbocycles. The Labute approximate surface area is 177 Å². The zero-order valence-electron chi connectivity index (χ0n) is 13.7. The summed E-state index contributed by atoms with van der Waals surface area (Å²) in [6, 6.07) is 8.69. The number of aromatic nitrogens is 1. The summed E-state index contributed by atoms with van der Waals surface area (Å²) in [6.07, 6.45) is 2.55. The van der Waals surface area contributed by atoms with Gasteiger partial charge >= 0.3 is 0 Å². The number of aliphatic imine (C=N–C) groups is 1. The van der Waals surface area contributed by atoms with Gasteiger partial charge in [0.25, 0.3) is 0 Å². The Morgan fingerprint density at radius 3 is 2.72 bits per heavy atom. The van der Waals surface area contributed by atoms with Crippen LogP contribution in [0, 0.1) is 5.82 Å². The number of benzene rings is 1. The average Bonchev–Trinajstić information content (AvgIpc) is 2.55. The van der Waals surface area contributed by atoms with Gasteiger partial charge < -0.3 is 10.6 Å². The predicted octanol–water partition coefficient (Wildman–Crippen LogP) is 4.55. The third kappa shape index (κ3) is 7.87. The number of pyridine rings is 1. The fourth-order valence-corrected chi connectivity index (χ4v) is 2.48. The molecule has 1 aromatic heterocycles. The molecule has 0 aliphatic rings. The Morgan fingerprint density at radius 1 is 1.28 bits per heavy atom. The predicted molar refractivity (Wildman–Crippen MR) is 115 cm³/mol. The Hall–Kier alpha value is -0.930. The lowest BCUT2D eigenvalue weighted by Gasteiger charge is -2.11. The highest BCUT2D eigenvalue weighted by Crippen LogP contribution is 2.15. The van der Waals surface area contributed by atoms with Gasteiger partial charge in [-0.15, -0.1) is 24.0 Å². The highest BCUT2D eigenvalue weighted by molar-refractivity contribution is 14.0. The van der Waals surface area contributed by atoms with Crippen LogP contribution in [0.1, 0.15) is 18.1 Å². The summed E-state index contributed by atoms with van der Waals surface area (Å²) in [5.74, 6) is 0.387. The Bertz CT molecular complexity index is 698. The molecule has 0 atom stereocenters. The first-order valence-electron chi connectivity index (χ1n) is 7.65. The fourth-order valence-electron chi connectivity index (χ4n) is 2.04. The van der Waals surface area contributed by atoms with Gasteiger partial charge in [-0.05, 0) is 37.1 Å². The summed E-state index contributed by atoms with van der Waals surface area (Å²) in [6.45, 7) is 3.69. The van der Waals surface area contributed by atoms with Crippen LogP contribution in [0.25, 0.3) is 0 Å². The smallest absolute Gasteiger partial charge is 0.191 e. The van der Waals surface area contributed by atoms with Crippen LogP contribution in [0.3, 0.4) is 0 Å². The van der Waals surface area contributed by atoms with Crippen LogP contribution in [0.15, 0.2) is 46.0 Å². The molecular formula is C17H20BrClFIN4. The molecule has 0 fully saturated rings. The summed E-state index contributed by atoms with van der Waals surface area (Å²) in [7, 11) is 0. The van der Waals surface area contributed by atoms with Gasteiger partial charge in [-0.2, -0.15) is 0 Å². The zero-order chi connectivity index (χ0) is 17.4. The normalized spacial score (nSPS) is 11.0. The van der Waals surface area contributed by atoms with Crippen LogP contribution < -0.4 is 10.6 Å². The van der Waals surface area contributed by atoms with E-state index in [0.717, 1.165) is 18.5 Å². The summed E-state index contributed by atoms with van der Waals surface area (Å²) >= 11 is 9.02. The number of rotatable bonds is 6. The largest absolute Gasteiger partial charge is 0.357 e. The van der Waals surface area contributed by atoms with Crippen molar-refractivity contribution in [1.82, 2.24) is 15.6 Å². The van der Waals surface area contributed by atoms with Gasteiger partial charge in [0, 0.05) is 29.3 Å². The van der Waals surface area contributed by atoms with Crippen molar-refractivity contribution in [2.75, 3.05) is 13.1 Å². The topological polar surface area (TPSA) is 49.3 Å². The molecule has 0 amide bonds. The van der Waals surface area contributed by atoms with E-state index in [0.29, 0.717) is 27.7 Å². The maximum Gasteiger partial charge on any atom is 0.191 e. The number of halogens is 4. The average molecular weight is 542 g/mol. The van der Waals surface area contributed by atoms with E-state index in [1.165, 1.54) is 6.07 Å². The lowest BCUT2D eigenvalue weighted by Crippen LogP contribution is -2.38. The molecule has 0 bridgehead atoms. The lowest BCUT2D eigenvalue weighted by molar-refractivity contribution is 0.609. The third-order valence-corrected chi connectivity index (χ3v) is 3.98. The molecule has 1 aromatic carbocycles. The molecule has 136 valence electrons. The standard InChI is InChI=1S/C17H19BrClFN4.HI/c1-2-21-17(22-8-7-12-3-6-16(19)23-10-12)24-11-13-4-5-14(18)9-15(13)20;/h3-6,9-10H,2,7-8,11H2,1H3,(H2,21,22,24);1H. The van der Waals surface area contributed by atoms with Crippen LogP contribution in [-0.4, -0.2) is 24.0 Å². The molecule has 1 heterocycles. The van der Waals surface area contributed by atoms with Gasteiger partial charge in [0.05, 0.1) is 6.54 Å². The molecule has 4 nitrogen and oxygen atoms in total. The molecule has 8 heteroatoms. The van der Waals surface area contributed by atoms with Gasteiger partial charge in [0.1, 0.15) is 11.0 Å². The molecule has 0 radical (unpaired) electrons. The first-order valence-corrected chi connectivity index (χ1v) is 8.82. The minimum atomic E-state index is -0.267. The quantitative estimate of drug-likeness (QED) is 0.244. The number of nitrogens with zero attached hydrogens (tertiary/aromatic N) is 2. The zero-order valence-corrected chi connectivity index (χ0v) is 18.4. The van der Waals surface area contributed by atoms with Crippen LogP contribution in [0.5, 0.6) is 0 Å². The van der Waals surface area contributed by atoms with Crippen LogP contribution in [0.4, 0.5) is 4.39 Å². The van der Waals surface area contributed by atoms with Crippen LogP contribution in [0.2, 0.25) is 5.15 Å². The Kier molecular flexibility index (Phi) is 10.3. The van der Waals surface area contributed by atoms with E-state index in [-0.39, 0.29) is 36.3 Å². The first-order chi connectivity index (χ1) is 11.6. The van der Waals surface area contributed by atoms with E-state index in [1.54, 1.807) is 18.3 Å². The maximum absolute atomic E-state index is 13.8.